The van der Waals surface area contributed by atoms with Crippen molar-refractivity contribution in [3.8, 4) is 0 Å². The van der Waals surface area contributed by atoms with Crippen LogP contribution in [0.25, 0.3) is 6.08 Å². The second-order valence-electron chi connectivity index (χ2n) is 9.85. The number of amides is 3. The zero-order chi connectivity index (χ0) is 32.3. The monoisotopic (exact) mass is 622 g/mol. The first-order valence-corrected chi connectivity index (χ1v) is 14.8. The number of carbonyl (C=O) groups is 4. The summed E-state index contributed by atoms with van der Waals surface area (Å²) in [6, 6.07) is 27.6. The number of Topliss-reactive ketones (excluding diaryl/α,β-unsaturated/α-hetero) is 1. The van der Waals surface area contributed by atoms with Crippen LogP contribution in [0, 0.1) is 10.1 Å². The summed E-state index contributed by atoms with van der Waals surface area (Å²) >= 11 is 1.33. The quantitative estimate of drug-likeness (QED) is 0.0523. The maximum atomic E-state index is 13.4. The van der Waals surface area contributed by atoms with E-state index < -0.39 is 22.0 Å². The van der Waals surface area contributed by atoms with E-state index in [1.807, 2.05) is 13.0 Å². The molecular weight excluding hydrogens is 592 g/mol. The first-order valence-electron chi connectivity index (χ1n) is 14.0. The van der Waals surface area contributed by atoms with E-state index in [2.05, 4.69) is 16.0 Å². The fraction of sp³-hybridized carbons (Fsp3) is 0.118. The van der Waals surface area contributed by atoms with Crippen molar-refractivity contribution in [3.63, 3.8) is 0 Å². The third kappa shape index (κ3) is 9.22. The highest BCUT2D eigenvalue weighted by atomic mass is 32.2. The Morgan fingerprint density at radius 3 is 2.13 bits per heavy atom. The number of nitro groups is 1. The zero-order valence-electron chi connectivity index (χ0n) is 24.5. The van der Waals surface area contributed by atoms with Gasteiger partial charge in [0, 0.05) is 39.5 Å². The van der Waals surface area contributed by atoms with E-state index in [1.54, 1.807) is 72.8 Å². The van der Waals surface area contributed by atoms with Crippen LogP contribution in [0.5, 0.6) is 0 Å². The van der Waals surface area contributed by atoms with Gasteiger partial charge in [0.05, 0.1) is 10.2 Å². The number of nitro benzene ring substituents is 1. The number of carbonyl (C=O) groups excluding carboxylic acids is 4. The van der Waals surface area contributed by atoms with Crippen LogP contribution in [0.3, 0.4) is 0 Å². The van der Waals surface area contributed by atoms with Gasteiger partial charge in [0.25, 0.3) is 17.5 Å². The zero-order valence-corrected chi connectivity index (χ0v) is 25.3. The molecule has 45 heavy (non-hydrogen) atoms. The molecule has 4 aromatic rings. The van der Waals surface area contributed by atoms with Gasteiger partial charge in [0.15, 0.2) is 5.78 Å². The number of nitrogens with zero attached hydrogens (tertiary/aromatic N) is 1. The number of benzene rings is 4. The Balaban J connectivity index is 1.49. The molecule has 11 heteroatoms. The van der Waals surface area contributed by atoms with Gasteiger partial charge in [-0.2, -0.15) is 0 Å². The predicted octanol–water partition coefficient (Wildman–Crippen LogP) is 6.72. The Morgan fingerprint density at radius 1 is 0.822 bits per heavy atom. The second-order valence-corrected chi connectivity index (χ2v) is 11.1. The van der Waals surface area contributed by atoms with Crippen LogP contribution in [-0.2, 0) is 9.59 Å². The number of non-ortho nitro benzene ring substituents is 1. The minimum absolute atomic E-state index is 0.0608. The fourth-order valence-corrected chi connectivity index (χ4v) is 5.16. The third-order valence-corrected chi connectivity index (χ3v) is 7.89. The van der Waals surface area contributed by atoms with Crippen molar-refractivity contribution < 1.29 is 24.1 Å². The van der Waals surface area contributed by atoms with Crippen LogP contribution in [0.15, 0.2) is 114 Å². The Hall–Kier alpha value is -5.55. The minimum Gasteiger partial charge on any atom is -0.325 e. The summed E-state index contributed by atoms with van der Waals surface area (Å²) in [5.74, 6) is -1.38. The van der Waals surface area contributed by atoms with Crippen molar-refractivity contribution in [1.29, 1.82) is 0 Å². The van der Waals surface area contributed by atoms with E-state index >= 15 is 0 Å². The lowest BCUT2D eigenvalue weighted by molar-refractivity contribution is -0.384. The topological polar surface area (TPSA) is 148 Å². The Labute approximate surface area is 264 Å². The maximum absolute atomic E-state index is 13.4. The van der Waals surface area contributed by atoms with Crippen LogP contribution >= 0.6 is 11.8 Å². The van der Waals surface area contributed by atoms with E-state index in [-0.39, 0.29) is 23.1 Å². The number of ketones is 1. The molecule has 0 aliphatic rings. The molecule has 0 saturated carbocycles. The molecule has 4 aromatic carbocycles. The molecule has 1 atom stereocenters. The lowest BCUT2D eigenvalue weighted by Gasteiger charge is -2.16. The molecule has 0 aliphatic heterocycles. The largest absolute Gasteiger partial charge is 0.325 e. The fourth-order valence-electron chi connectivity index (χ4n) is 4.14. The number of rotatable bonds is 12. The summed E-state index contributed by atoms with van der Waals surface area (Å²) < 4.78 is 0. The van der Waals surface area contributed by atoms with Crippen molar-refractivity contribution >= 4 is 58.4 Å². The average Bonchev–Trinajstić information content (AvgIpc) is 3.04. The highest BCUT2D eigenvalue weighted by Gasteiger charge is 2.20. The molecule has 3 N–H and O–H groups in total. The molecule has 0 aromatic heterocycles. The molecule has 0 aliphatic carbocycles. The molecule has 0 radical (unpaired) electrons. The summed E-state index contributed by atoms with van der Waals surface area (Å²) in [6.45, 7) is 3.37. The third-order valence-electron chi connectivity index (χ3n) is 6.54. The van der Waals surface area contributed by atoms with E-state index in [0.29, 0.717) is 34.5 Å². The van der Waals surface area contributed by atoms with Crippen molar-refractivity contribution in [2.24, 2.45) is 0 Å². The summed E-state index contributed by atoms with van der Waals surface area (Å²) in [4.78, 5) is 62.2. The Bertz CT molecular complexity index is 1740. The number of nitrogens with one attached hydrogen (secondary N) is 3. The van der Waals surface area contributed by atoms with Gasteiger partial charge in [-0.3, -0.25) is 29.3 Å². The first-order chi connectivity index (χ1) is 21.6. The van der Waals surface area contributed by atoms with Gasteiger partial charge in [-0.25, -0.2) is 0 Å². The van der Waals surface area contributed by atoms with Crippen LogP contribution in [-0.4, -0.2) is 33.7 Å². The van der Waals surface area contributed by atoms with Gasteiger partial charge in [0.1, 0.15) is 5.70 Å². The van der Waals surface area contributed by atoms with Gasteiger partial charge in [-0.15, -0.1) is 11.8 Å². The molecular formula is C34H30N4O6S. The number of thioether (sulfide) groups is 1. The minimum atomic E-state index is -0.612. The second kappa shape index (κ2) is 15.3. The lowest BCUT2D eigenvalue weighted by atomic mass is 10.1. The normalized spacial score (nSPS) is 11.6. The molecule has 3 amide bonds. The van der Waals surface area contributed by atoms with Gasteiger partial charge < -0.3 is 16.0 Å². The first kappa shape index (κ1) is 32.4. The van der Waals surface area contributed by atoms with Crippen LogP contribution in [0.4, 0.5) is 17.1 Å². The molecule has 0 saturated heterocycles. The van der Waals surface area contributed by atoms with Crippen molar-refractivity contribution in [3.05, 3.63) is 136 Å². The summed E-state index contributed by atoms with van der Waals surface area (Å²) in [5, 5.41) is 18.9. The van der Waals surface area contributed by atoms with E-state index in [9.17, 15) is 29.3 Å². The molecule has 0 heterocycles. The summed E-state index contributed by atoms with van der Waals surface area (Å²) in [6.07, 6.45) is 1.96. The molecule has 0 spiro atoms. The summed E-state index contributed by atoms with van der Waals surface area (Å²) in [7, 11) is 0. The molecule has 1 unspecified atom stereocenters. The molecule has 4 rings (SSSR count). The van der Waals surface area contributed by atoms with Gasteiger partial charge >= 0.3 is 0 Å². The maximum Gasteiger partial charge on any atom is 0.272 e. The number of hydrogen-bond donors (Lipinski definition) is 3. The van der Waals surface area contributed by atoms with Crippen LogP contribution < -0.4 is 16.0 Å². The highest BCUT2D eigenvalue weighted by molar-refractivity contribution is 8.00. The van der Waals surface area contributed by atoms with Gasteiger partial charge in [-0.05, 0) is 91.7 Å². The standard InChI is InChI=1S/C34H30N4O6S/c1-3-31(34(42)35-26-16-14-24(15-17-26)22(2)39)45-29-11-7-10-27(21-29)36-33(41)30(37-32(40)25-8-5-4-6-9-25)20-23-12-18-28(19-13-23)38(43)44/h4-21,31H,3H2,1-2H3,(H,35,42)(H,36,41)(H,37,40)/b30-20+. The lowest BCUT2D eigenvalue weighted by Crippen LogP contribution is -2.30. The molecule has 0 fully saturated rings. The van der Waals surface area contributed by atoms with E-state index in [4.69, 9.17) is 0 Å². The smallest absolute Gasteiger partial charge is 0.272 e. The van der Waals surface area contributed by atoms with Crippen molar-refractivity contribution in [2.75, 3.05) is 10.6 Å². The Morgan fingerprint density at radius 2 is 1.51 bits per heavy atom. The number of anilines is 2. The van der Waals surface area contributed by atoms with Crippen LogP contribution in [0.1, 0.15) is 46.5 Å². The average molecular weight is 623 g/mol. The van der Waals surface area contributed by atoms with Gasteiger partial charge in [-0.1, -0.05) is 31.2 Å². The van der Waals surface area contributed by atoms with Crippen molar-refractivity contribution in [2.45, 2.75) is 30.4 Å². The molecule has 228 valence electrons. The van der Waals surface area contributed by atoms with Crippen molar-refractivity contribution in [1.82, 2.24) is 5.32 Å². The number of hydrogen-bond acceptors (Lipinski definition) is 7. The van der Waals surface area contributed by atoms with Crippen LogP contribution in [0.2, 0.25) is 0 Å². The SMILES string of the molecule is CCC(Sc1cccc(NC(=O)/C(=C\c2ccc([N+](=O)[O-])cc2)NC(=O)c2ccccc2)c1)C(=O)Nc1ccc(C(C)=O)cc1. The predicted molar refractivity (Wildman–Crippen MR) is 175 cm³/mol. The Kier molecular flexibility index (Phi) is 11.0. The van der Waals surface area contributed by atoms with E-state index in [1.165, 1.54) is 49.0 Å². The summed E-state index contributed by atoms with van der Waals surface area (Å²) in [5.41, 5.74) is 2.20. The highest BCUT2D eigenvalue weighted by Crippen LogP contribution is 2.29. The molecule has 0 bridgehead atoms. The molecule has 10 nitrogen and oxygen atoms in total. The van der Waals surface area contributed by atoms with E-state index in [0.717, 1.165) is 4.90 Å². The van der Waals surface area contributed by atoms with Gasteiger partial charge in [0.2, 0.25) is 5.91 Å².